The van der Waals surface area contributed by atoms with Crippen molar-refractivity contribution in [3.63, 3.8) is 0 Å². The van der Waals surface area contributed by atoms with Gasteiger partial charge in [-0.3, -0.25) is 0 Å². The Morgan fingerprint density at radius 3 is 2.50 bits per heavy atom. The topological polar surface area (TPSA) is 61.4 Å². The van der Waals surface area contributed by atoms with Crippen molar-refractivity contribution < 1.29 is 14.3 Å². The number of benzene rings is 1. The van der Waals surface area contributed by atoms with E-state index in [1.54, 1.807) is 0 Å². The van der Waals surface area contributed by atoms with Crippen molar-refractivity contribution >= 4 is 11.7 Å². The van der Waals surface area contributed by atoms with Crippen molar-refractivity contribution in [1.29, 1.82) is 0 Å². The molecule has 1 saturated carbocycles. The van der Waals surface area contributed by atoms with Crippen molar-refractivity contribution in [2.45, 2.75) is 18.4 Å². The van der Waals surface area contributed by atoms with Crippen LogP contribution in [0.4, 0.5) is 14.9 Å². The molecule has 0 heterocycles. The standard InChI is InChI=1S/C11H13FN2O2/c12-8-1-3-9(4-2-8)13-10(16)14-11(7-15)5-6-11/h1-4,15H,5-7H2,(H2,13,14,16). The molecule has 16 heavy (non-hydrogen) atoms. The number of hydrogen-bond donors (Lipinski definition) is 3. The number of aliphatic hydroxyl groups is 1. The van der Waals surface area contributed by atoms with Crippen molar-refractivity contribution in [3.8, 4) is 0 Å². The minimum Gasteiger partial charge on any atom is -0.394 e. The van der Waals surface area contributed by atoms with Crippen LogP contribution in [0, 0.1) is 5.82 Å². The van der Waals surface area contributed by atoms with Gasteiger partial charge in [-0.15, -0.1) is 0 Å². The van der Waals surface area contributed by atoms with Gasteiger partial charge >= 0.3 is 6.03 Å². The highest BCUT2D eigenvalue weighted by Crippen LogP contribution is 2.34. The maximum absolute atomic E-state index is 12.6. The maximum Gasteiger partial charge on any atom is 0.319 e. The second-order valence-corrected chi connectivity index (χ2v) is 4.02. The summed E-state index contributed by atoms with van der Waals surface area (Å²) in [5, 5.41) is 14.3. The van der Waals surface area contributed by atoms with E-state index in [0.717, 1.165) is 12.8 Å². The van der Waals surface area contributed by atoms with E-state index < -0.39 is 5.54 Å². The summed E-state index contributed by atoms with van der Waals surface area (Å²) in [7, 11) is 0. The SMILES string of the molecule is O=C(Nc1ccc(F)cc1)NC1(CO)CC1. The molecule has 5 heteroatoms. The fourth-order valence-electron chi connectivity index (χ4n) is 1.41. The lowest BCUT2D eigenvalue weighted by molar-refractivity contribution is 0.217. The number of halogens is 1. The Hall–Kier alpha value is -1.62. The molecule has 1 aromatic carbocycles. The van der Waals surface area contributed by atoms with Gasteiger partial charge in [0.1, 0.15) is 5.82 Å². The second-order valence-electron chi connectivity index (χ2n) is 4.02. The van der Waals surface area contributed by atoms with Gasteiger partial charge in [0.05, 0.1) is 12.1 Å². The number of carbonyl (C=O) groups is 1. The van der Waals surface area contributed by atoms with Gasteiger partial charge in [-0.1, -0.05) is 0 Å². The van der Waals surface area contributed by atoms with E-state index in [4.69, 9.17) is 5.11 Å². The van der Waals surface area contributed by atoms with Crippen LogP contribution in [0.3, 0.4) is 0 Å². The second kappa shape index (κ2) is 4.09. The Kier molecular flexibility index (Phi) is 2.78. The van der Waals surface area contributed by atoms with Crippen LogP contribution < -0.4 is 10.6 Å². The quantitative estimate of drug-likeness (QED) is 0.728. The van der Waals surface area contributed by atoms with Gasteiger partial charge in [-0.25, -0.2) is 9.18 Å². The Morgan fingerprint density at radius 2 is 2.00 bits per heavy atom. The molecule has 86 valence electrons. The highest BCUT2D eigenvalue weighted by molar-refractivity contribution is 5.90. The molecule has 1 fully saturated rings. The largest absolute Gasteiger partial charge is 0.394 e. The number of aliphatic hydroxyl groups excluding tert-OH is 1. The van der Waals surface area contributed by atoms with Crippen molar-refractivity contribution in [2.75, 3.05) is 11.9 Å². The van der Waals surface area contributed by atoms with Crippen LogP contribution in [0.1, 0.15) is 12.8 Å². The molecule has 0 bridgehead atoms. The average Bonchev–Trinajstić information content (AvgIpc) is 3.02. The lowest BCUT2D eigenvalue weighted by Crippen LogP contribution is -2.42. The van der Waals surface area contributed by atoms with Crippen LogP contribution in [-0.4, -0.2) is 23.3 Å². The van der Waals surface area contributed by atoms with E-state index in [9.17, 15) is 9.18 Å². The zero-order valence-corrected chi connectivity index (χ0v) is 8.66. The lowest BCUT2D eigenvalue weighted by Gasteiger charge is -2.14. The van der Waals surface area contributed by atoms with Gasteiger partial charge < -0.3 is 15.7 Å². The predicted octanol–water partition coefficient (Wildman–Crippen LogP) is 1.47. The lowest BCUT2D eigenvalue weighted by atomic mass is 10.3. The van der Waals surface area contributed by atoms with Gasteiger partial charge in [-0.05, 0) is 37.1 Å². The summed E-state index contributed by atoms with van der Waals surface area (Å²) in [6.07, 6.45) is 1.58. The van der Waals surface area contributed by atoms with Crippen LogP contribution in [0.25, 0.3) is 0 Å². The summed E-state index contributed by atoms with van der Waals surface area (Å²) in [4.78, 5) is 11.5. The molecule has 1 aromatic rings. The summed E-state index contributed by atoms with van der Waals surface area (Å²) in [5.41, 5.74) is 0.0806. The van der Waals surface area contributed by atoms with Crippen molar-refractivity contribution in [2.24, 2.45) is 0 Å². The van der Waals surface area contributed by atoms with E-state index in [2.05, 4.69) is 10.6 Å². The molecule has 0 radical (unpaired) electrons. The van der Waals surface area contributed by atoms with E-state index in [1.807, 2.05) is 0 Å². The van der Waals surface area contributed by atoms with Crippen LogP contribution in [0.2, 0.25) is 0 Å². The molecule has 3 N–H and O–H groups in total. The third kappa shape index (κ3) is 2.49. The average molecular weight is 224 g/mol. The minimum atomic E-state index is -0.440. The van der Waals surface area contributed by atoms with Crippen molar-refractivity contribution in [3.05, 3.63) is 30.1 Å². The summed E-state index contributed by atoms with van der Waals surface area (Å²) in [6, 6.07) is 5.13. The Balaban J connectivity index is 1.90. The molecular formula is C11H13FN2O2. The molecule has 2 rings (SSSR count). The fraction of sp³-hybridized carbons (Fsp3) is 0.364. The summed E-state index contributed by atoms with van der Waals surface area (Å²) in [5.74, 6) is -0.347. The number of anilines is 1. The number of urea groups is 1. The predicted molar refractivity (Wildman–Crippen MR) is 57.6 cm³/mol. The number of amides is 2. The first-order valence-electron chi connectivity index (χ1n) is 5.09. The van der Waals surface area contributed by atoms with Crippen LogP contribution in [0.15, 0.2) is 24.3 Å². The molecular weight excluding hydrogens is 211 g/mol. The fourth-order valence-corrected chi connectivity index (χ4v) is 1.41. The highest BCUT2D eigenvalue weighted by atomic mass is 19.1. The first-order valence-corrected chi connectivity index (χ1v) is 5.09. The molecule has 0 saturated heterocycles. The monoisotopic (exact) mass is 224 g/mol. The van der Waals surface area contributed by atoms with Gasteiger partial charge in [0.15, 0.2) is 0 Å². The molecule has 2 amide bonds. The molecule has 0 atom stereocenters. The zero-order chi connectivity index (χ0) is 11.6. The molecule has 0 spiro atoms. The molecule has 4 nitrogen and oxygen atoms in total. The van der Waals surface area contributed by atoms with E-state index in [0.29, 0.717) is 5.69 Å². The molecule has 1 aliphatic carbocycles. The smallest absolute Gasteiger partial charge is 0.319 e. The summed E-state index contributed by atoms with van der Waals surface area (Å²) < 4.78 is 12.6. The number of nitrogens with one attached hydrogen (secondary N) is 2. The first-order chi connectivity index (χ1) is 7.63. The first kappa shape index (κ1) is 10.9. The van der Waals surface area contributed by atoms with E-state index in [-0.39, 0.29) is 18.5 Å². The van der Waals surface area contributed by atoms with Crippen LogP contribution in [0.5, 0.6) is 0 Å². The zero-order valence-electron chi connectivity index (χ0n) is 8.66. The number of hydrogen-bond acceptors (Lipinski definition) is 2. The van der Waals surface area contributed by atoms with Gasteiger partial charge in [0.2, 0.25) is 0 Å². The summed E-state index contributed by atoms with van der Waals surface area (Å²) >= 11 is 0. The minimum absolute atomic E-state index is 0.0517. The normalized spacial score (nSPS) is 16.6. The van der Waals surface area contributed by atoms with Gasteiger partial charge in [-0.2, -0.15) is 0 Å². The maximum atomic E-state index is 12.6. The third-order valence-electron chi connectivity index (χ3n) is 2.64. The van der Waals surface area contributed by atoms with Crippen LogP contribution >= 0.6 is 0 Å². The molecule has 0 unspecified atom stereocenters. The Morgan fingerprint density at radius 1 is 1.38 bits per heavy atom. The number of rotatable bonds is 3. The van der Waals surface area contributed by atoms with Gasteiger partial charge in [0.25, 0.3) is 0 Å². The molecule has 0 aliphatic heterocycles. The Labute approximate surface area is 92.5 Å². The highest BCUT2D eigenvalue weighted by Gasteiger charge is 2.43. The van der Waals surface area contributed by atoms with E-state index in [1.165, 1.54) is 24.3 Å². The van der Waals surface area contributed by atoms with Crippen LogP contribution in [-0.2, 0) is 0 Å². The van der Waals surface area contributed by atoms with E-state index >= 15 is 0 Å². The summed E-state index contributed by atoms with van der Waals surface area (Å²) in [6.45, 7) is -0.0517. The van der Waals surface area contributed by atoms with Crippen molar-refractivity contribution in [1.82, 2.24) is 5.32 Å². The molecule has 0 aromatic heterocycles. The third-order valence-corrected chi connectivity index (χ3v) is 2.64. The molecule has 1 aliphatic rings. The Bertz CT molecular complexity index is 387. The van der Waals surface area contributed by atoms with Gasteiger partial charge in [0, 0.05) is 5.69 Å². The number of carbonyl (C=O) groups excluding carboxylic acids is 1.